The maximum atomic E-state index is 12.6. The van der Waals surface area contributed by atoms with Crippen molar-refractivity contribution in [2.24, 2.45) is 5.73 Å². The van der Waals surface area contributed by atoms with Crippen LogP contribution in [0.2, 0.25) is 0 Å². The van der Waals surface area contributed by atoms with Gasteiger partial charge in [-0.25, -0.2) is 8.42 Å². The van der Waals surface area contributed by atoms with Crippen molar-refractivity contribution in [1.29, 1.82) is 0 Å². The fraction of sp³-hybridized carbons (Fsp3) is 0.304. The molecule has 1 atom stereocenters. The highest BCUT2D eigenvalue weighted by atomic mass is 32.2. The summed E-state index contributed by atoms with van der Waals surface area (Å²) in [6.45, 7) is 1.38. The number of rotatable bonds is 9. The standard InChI is InChI=1S/C21H25N5O5S.C2H4O2/c22-20(23)17-8-6-15(7-9-17)13-24-19(27)12-18-21(28)26(10-11-31-18)25-32(29,30)14-16-4-2-1-3-5-16;1-2(3)4/h1-9,18,25H,10-14H2,(H3,22,23)(H,24,27);1H3,(H,3,4)/t18-;/m1./s1. The molecule has 0 bridgehead atoms. The summed E-state index contributed by atoms with van der Waals surface area (Å²) in [5.41, 5.74) is 7.64. The third-order valence-corrected chi connectivity index (χ3v) is 5.98. The molecular weight excluding hydrogens is 490 g/mol. The Labute approximate surface area is 209 Å². The highest BCUT2D eigenvalue weighted by Crippen LogP contribution is 2.12. The first-order valence-corrected chi connectivity index (χ1v) is 12.5. The predicted octanol–water partition coefficient (Wildman–Crippen LogP) is -2.82. The Hall–Kier alpha value is -3.81. The van der Waals surface area contributed by atoms with Gasteiger partial charge < -0.3 is 20.0 Å². The van der Waals surface area contributed by atoms with Crippen LogP contribution in [-0.4, -0.2) is 56.3 Å². The van der Waals surface area contributed by atoms with Crippen LogP contribution in [0, 0.1) is 0 Å². The van der Waals surface area contributed by atoms with Gasteiger partial charge in [0, 0.05) is 12.5 Å². The second-order valence-electron chi connectivity index (χ2n) is 7.81. The molecule has 0 aromatic heterocycles. The van der Waals surface area contributed by atoms with Crippen molar-refractivity contribution in [3.05, 3.63) is 71.3 Å². The third kappa shape index (κ3) is 9.82. The minimum absolute atomic E-state index is 0.0542. The SMILES string of the molecule is CC(=O)[O-].NC(=[NH2+])c1ccc(CNC(=O)C[C@H]2OCCN(NS(=O)(=O)Cc3ccccc3)C2=O)cc1. The van der Waals surface area contributed by atoms with E-state index in [-0.39, 0.29) is 37.7 Å². The number of carbonyl (C=O) groups is 3. The molecule has 0 saturated carbocycles. The van der Waals surface area contributed by atoms with E-state index in [4.69, 9.17) is 25.8 Å². The molecule has 36 heavy (non-hydrogen) atoms. The molecule has 2 aromatic rings. The highest BCUT2D eigenvalue weighted by Gasteiger charge is 2.33. The van der Waals surface area contributed by atoms with Crippen LogP contribution in [-0.2, 0) is 41.4 Å². The number of hydrazine groups is 1. The van der Waals surface area contributed by atoms with Crippen molar-refractivity contribution in [2.45, 2.75) is 31.7 Å². The summed E-state index contributed by atoms with van der Waals surface area (Å²) in [5, 5.41) is 18.1. The van der Waals surface area contributed by atoms with Crippen LogP contribution in [0.5, 0.6) is 0 Å². The summed E-state index contributed by atoms with van der Waals surface area (Å²) in [7, 11) is -3.80. The second kappa shape index (κ2) is 13.3. The molecule has 0 radical (unpaired) electrons. The minimum atomic E-state index is -3.80. The molecule has 2 aromatic carbocycles. The van der Waals surface area contributed by atoms with Crippen LogP contribution in [0.15, 0.2) is 54.6 Å². The number of hydrogen-bond acceptors (Lipinski definition) is 7. The number of nitrogens with two attached hydrogens (primary N) is 2. The number of aliphatic carboxylic acids is 1. The molecule has 1 saturated heterocycles. The fourth-order valence-corrected chi connectivity index (χ4v) is 4.34. The number of sulfonamides is 1. The average molecular weight is 520 g/mol. The Morgan fingerprint density at radius 2 is 1.75 bits per heavy atom. The third-order valence-electron chi connectivity index (χ3n) is 4.77. The van der Waals surface area contributed by atoms with Crippen molar-refractivity contribution in [1.82, 2.24) is 15.2 Å². The number of morpholine rings is 1. The van der Waals surface area contributed by atoms with Crippen molar-refractivity contribution >= 4 is 33.6 Å². The highest BCUT2D eigenvalue weighted by molar-refractivity contribution is 7.88. The molecule has 0 unspecified atom stereocenters. The molecular formula is C23H29N5O7S. The van der Waals surface area contributed by atoms with Gasteiger partial charge in [0.05, 0.1) is 30.9 Å². The van der Waals surface area contributed by atoms with Crippen LogP contribution < -0.4 is 26.4 Å². The minimum Gasteiger partial charge on any atom is -0.550 e. The normalized spacial score (nSPS) is 15.4. The number of amides is 2. The Morgan fingerprint density at radius 1 is 1.14 bits per heavy atom. The lowest BCUT2D eigenvalue weighted by atomic mass is 10.1. The first-order valence-electron chi connectivity index (χ1n) is 10.9. The van der Waals surface area contributed by atoms with Gasteiger partial charge in [-0.1, -0.05) is 42.5 Å². The largest absolute Gasteiger partial charge is 0.550 e. The van der Waals surface area contributed by atoms with E-state index in [1.54, 1.807) is 54.6 Å². The van der Waals surface area contributed by atoms with Crippen LogP contribution in [0.1, 0.15) is 30.0 Å². The Kier molecular flexibility index (Phi) is 10.5. The van der Waals surface area contributed by atoms with Crippen molar-refractivity contribution in [2.75, 3.05) is 13.2 Å². The number of hydrogen-bond donors (Lipinski definition) is 4. The van der Waals surface area contributed by atoms with Gasteiger partial charge in [-0.2, -0.15) is 0 Å². The Morgan fingerprint density at radius 3 is 2.33 bits per heavy atom. The van der Waals surface area contributed by atoms with Gasteiger partial charge in [0.25, 0.3) is 11.7 Å². The lowest BCUT2D eigenvalue weighted by molar-refractivity contribution is -0.302. The van der Waals surface area contributed by atoms with Gasteiger partial charge >= 0.3 is 0 Å². The molecule has 13 heteroatoms. The first kappa shape index (κ1) is 28.4. The quantitative estimate of drug-likeness (QED) is 0.201. The van der Waals surface area contributed by atoms with Gasteiger partial charge in [-0.05, 0) is 30.2 Å². The van der Waals surface area contributed by atoms with Gasteiger partial charge in [0.1, 0.15) is 6.10 Å². The van der Waals surface area contributed by atoms with E-state index in [1.807, 2.05) is 0 Å². The number of nitrogens with one attached hydrogen (secondary N) is 2. The summed E-state index contributed by atoms with van der Waals surface area (Å²) in [6.07, 6.45) is -1.30. The van der Waals surface area contributed by atoms with E-state index in [1.165, 1.54) is 0 Å². The lowest BCUT2D eigenvalue weighted by Gasteiger charge is -2.32. The first-order chi connectivity index (χ1) is 17.0. The molecule has 1 aliphatic rings. The Balaban J connectivity index is 0.00000106. The molecule has 12 nitrogen and oxygen atoms in total. The van der Waals surface area contributed by atoms with E-state index >= 15 is 0 Å². The fourth-order valence-electron chi connectivity index (χ4n) is 3.13. The van der Waals surface area contributed by atoms with Crippen LogP contribution in [0.25, 0.3) is 0 Å². The van der Waals surface area contributed by atoms with Crippen LogP contribution in [0.3, 0.4) is 0 Å². The molecule has 194 valence electrons. The molecule has 1 fully saturated rings. The smallest absolute Gasteiger partial charge is 0.270 e. The van der Waals surface area contributed by atoms with E-state index in [0.717, 1.165) is 17.5 Å². The maximum absolute atomic E-state index is 12.6. The van der Waals surface area contributed by atoms with E-state index in [2.05, 4.69) is 10.1 Å². The topological polar surface area (TPSA) is 197 Å². The molecule has 0 spiro atoms. The number of carboxylic acid groups (broad SMARTS) is 1. The van der Waals surface area contributed by atoms with Gasteiger partial charge in [0.2, 0.25) is 15.9 Å². The molecule has 1 heterocycles. The summed E-state index contributed by atoms with van der Waals surface area (Å²) in [6, 6.07) is 15.7. The summed E-state index contributed by atoms with van der Waals surface area (Å²) in [4.78, 5) is 36.1. The zero-order valence-electron chi connectivity index (χ0n) is 19.7. The number of amidine groups is 1. The van der Waals surface area contributed by atoms with Crippen LogP contribution in [0.4, 0.5) is 0 Å². The van der Waals surface area contributed by atoms with Crippen molar-refractivity contribution in [3.63, 3.8) is 0 Å². The molecule has 1 aliphatic heterocycles. The zero-order valence-corrected chi connectivity index (χ0v) is 20.5. The number of benzene rings is 2. The van der Waals surface area contributed by atoms with E-state index in [0.29, 0.717) is 11.1 Å². The average Bonchev–Trinajstić information content (AvgIpc) is 2.80. The molecule has 2 amide bonds. The van der Waals surface area contributed by atoms with E-state index < -0.39 is 33.9 Å². The number of carboxylic acids is 1. The summed E-state index contributed by atoms with van der Waals surface area (Å²) < 4.78 is 30.3. The van der Waals surface area contributed by atoms with Crippen molar-refractivity contribution < 1.29 is 38.1 Å². The molecule has 0 aliphatic carbocycles. The Bertz CT molecular complexity index is 1170. The van der Waals surface area contributed by atoms with Gasteiger partial charge in [0.15, 0.2) is 0 Å². The molecule has 6 N–H and O–H groups in total. The lowest BCUT2D eigenvalue weighted by Crippen LogP contribution is -2.56. The second-order valence-corrected chi connectivity index (χ2v) is 9.51. The monoisotopic (exact) mass is 519 g/mol. The number of nitrogens with zero attached hydrogens (tertiary/aromatic N) is 1. The maximum Gasteiger partial charge on any atom is 0.270 e. The van der Waals surface area contributed by atoms with Crippen molar-refractivity contribution in [3.8, 4) is 0 Å². The summed E-state index contributed by atoms with van der Waals surface area (Å²) in [5.74, 6) is -2.15. The van der Waals surface area contributed by atoms with Gasteiger partial charge in [-0.3, -0.25) is 25.7 Å². The van der Waals surface area contributed by atoms with E-state index in [9.17, 15) is 18.0 Å². The number of carbonyl (C=O) groups excluding carboxylic acids is 3. The zero-order chi connectivity index (χ0) is 26.7. The number of ether oxygens (including phenoxy) is 1. The predicted molar refractivity (Wildman–Crippen MR) is 127 cm³/mol. The van der Waals surface area contributed by atoms with Gasteiger partial charge in [-0.15, -0.1) is 4.83 Å². The van der Waals surface area contributed by atoms with Crippen LogP contribution >= 0.6 is 0 Å². The molecule has 3 rings (SSSR count). The summed E-state index contributed by atoms with van der Waals surface area (Å²) >= 11 is 0.